The zero-order valence-corrected chi connectivity index (χ0v) is 15.7. The van der Waals surface area contributed by atoms with E-state index < -0.39 is 5.60 Å². The molecule has 0 N–H and O–H groups in total. The molecule has 1 unspecified atom stereocenters. The summed E-state index contributed by atoms with van der Waals surface area (Å²) in [6.07, 6.45) is 1.71. The maximum atomic E-state index is 12.1. The molecule has 1 saturated heterocycles. The highest BCUT2D eigenvalue weighted by Gasteiger charge is 2.29. The molecule has 1 aromatic rings. The molecule has 23 heavy (non-hydrogen) atoms. The molecular formula is C18H25Cl2NO2. The van der Waals surface area contributed by atoms with Crippen molar-refractivity contribution in [1.29, 1.82) is 0 Å². The van der Waals surface area contributed by atoms with Gasteiger partial charge in [0, 0.05) is 23.1 Å². The predicted molar refractivity (Wildman–Crippen MR) is 95.4 cm³/mol. The van der Waals surface area contributed by atoms with Gasteiger partial charge in [-0.05, 0) is 69.2 Å². The molecule has 0 aliphatic carbocycles. The minimum absolute atomic E-state index is 0.214. The van der Waals surface area contributed by atoms with Crippen LogP contribution in [0, 0.1) is 5.92 Å². The molecule has 1 amide bonds. The van der Waals surface area contributed by atoms with Crippen molar-refractivity contribution in [2.24, 2.45) is 5.92 Å². The lowest BCUT2D eigenvalue weighted by Crippen LogP contribution is -2.42. The third-order valence-corrected chi connectivity index (χ3v) is 4.75. The van der Waals surface area contributed by atoms with Crippen molar-refractivity contribution in [3.63, 3.8) is 0 Å². The standard InChI is InChI=1S/C18H25Cl2NO2/c1-12(14-9-15(19)11-16(20)10-14)13-5-7-21(8-6-13)17(22)23-18(2,3)4/h9-13H,5-8H2,1-4H3. The maximum absolute atomic E-state index is 12.1. The highest BCUT2D eigenvalue weighted by molar-refractivity contribution is 6.34. The van der Waals surface area contributed by atoms with Gasteiger partial charge in [0.2, 0.25) is 0 Å². The Bertz CT molecular complexity index is 540. The van der Waals surface area contributed by atoms with E-state index in [4.69, 9.17) is 27.9 Å². The number of piperidine rings is 1. The zero-order valence-electron chi connectivity index (χ0n) is 14.2. The van der Waals surface area contributed by atoms with E-state index in [9.17, 15) is 4.79 Å². The minimum Gasteiger partial charge on any atom is -0.444 e. The number of benzene rings is 1. The molecule has 1 heterocycles. The lowest BCUT2D eigenvalue weighted by atomic mass is 9.81. The average molecular weight is 358 g/mol. The van der Waals surface area contributed by atoms with Gasteiger partial charge < -0.3 is 9.64 Å². The van der Waals surface area contributed by atoms with Gasteiger partial charge in [-0.15, -0.1) is 0 Å². The quantitative estimate of drug-likeness (QED) is 0.674. The lowest BCUT2D eigenvalue weighted by Gasteiger charge is -2.36. The van der Waals surface area contributed by atoms with E-state index in [0.717, 1.165) is 25.9 Å². The highest BCUT2D eigenvalue weighted by Crippen LogP contribution is 2.35. The summed E-state index contributed by atoms with van der Waals surface area (Å²) in [5, 5.41) is 1.34. The number of hydrogen-bond donors (Lipinski definition) is 0. The number of hydrogen-bond acceptors (Lipinski definition) is 2. The Morgan fingerprint density at radius 3 is 2.17 bits per heavy atom. The number of nitrogens with zero attached hydrogens (tertiary/aromatic N) is 1. The van der Waals surface area contributed by atoms with Crippen LogP contribution in [0.3, 0.4) is 0 Å². The van der Waals surface area contributed by atoms with Crippen LogP contribution in [0.1, 0.15) is 52.0 Å². The number of rotatable bonds is 2. The van der Waals surface area contributed by atoms with Crippen molar-refractivity contribution in [1.82, 2.24) is 4.90 Å². The molecule has 2 rings (SSSR count). The Morgan fingerprint density at radius 2 is 1.70 bits per heavy atom. The molecule has 128 valence electrons. The normalized spacial score (nSPS) is 17.9. The number of halogens is 2. The van der Waals surface area contributed by atoms with Crippen molar-refractivity contribution >= 4 is 29.3 Å². The summed E-state index contributed by atoms with van der Waals surface area (Å²) in [6, 6.07) is 5.72. The molecule has 1 fully saturated rings. The third-order valence-electron chi connectivity index (χ3n) is 4.31. The maximum Gasteiger partial charge on any atom is 0.410 e. The van der Waals surface area contributed by atoms with Crippen molar-refractivity contribution < 1.29 is 9.53 Å². The first-order valence-electron chi connectivity index (χ1n) is 8.09. The van der Waals surface area contributed by atoms with Crippen molar-refractivity contribution in [2.75, 3.05) is 13.1 Å². The summed E-state index contributed by atoms with van der Waals surface area (Å²) in [7, 11) is 0. The molecule has 1 aliphatic heterocycles. The van der Waals surface area contributed by atoms with Crippen LogP contribution in [0.4, 0.5) is 4.79 Å². The number of likely N-dealkylation sites (tertiary alicyclic amines) is 1. The first-order chi connectivity index (χ1) is 10.7. The molecule has 1 aliphatic rings. The number of ether oxygens (including phenoxy) is 1. The molecule has 0 radical (unpaired) electrons. The molecule has 0 saturated carbocycles. The first kappa shape index (κ1) is 18.4. The van der Waals surface area contributed by atoms with Crippen LogP contribution in [0.5, 0.6) is 0 Å². The van der Waals surface area contributed by atoms with Crippen molar-refractivity contribution in [2.45, 2.75) is 52.1 Å². The summed E-state index contributed by atoms with van der Waals surface area (Å²) in [4.78, 5) is 13.9. The second kappa shape index (κ2) is 7.31. The zero-order chi connectivity index (χ0) is 17.2. The van der Waals surface area contributed by atoms with Crippen LogP contribution < -0.4 is 0 Å². The van der Waals surface area contributed by atoms with Gasteiger partial charge in [0.25, 0.3) is 0 Å². The summed E-state index contributed by atoms with van der Waals surface area (Å²) in [5.41, 5.74) is 0.719. The summed E-state index contributed by atoms with van der Waals surface area (Å²) in [6.45, 7) is 9.35. The Kier molecular flexibility index (Phi) is 5.85. The number of carbonyl (C=O) groups excluding carboxylic acids is 1. The van der Waals surface area contributed by atoms with E-state index in [1.165, 1.54) is 5.56 Å². The van der Waals surface area contributed by atoms with E-state index >= 15 is 0 Å². The van der Waals surface area contributed by atoms with Crippen LogP contribution in [-0.2, 0) is 4.74 Å². The lowest BCUT2D eigenvalue weighted by molar-refractivity contribution is 0.0176. The van der Waals surface area contributed by atoms with E-state index in [2.05, 4.69) is 6.92 Å². The molecule has 5 heteroatoms. The second-order valence-electron chi connectivity index (χ2n) is 7.30. The Morgan fingerprint density at radius 1 is 1.17 bits per heavy atom. The molecule has 1 atom stereocenters. The monoisotopic (exact) mass is 357 g/mol. The smallest absolute Gasteiger partial charge is 0.410 e. The van der Waals surface area contributed by atoms with Crippen LogP contribution in [-0.4, -0.2) is 29.7 Å². The third kappa shape index (κ3) is 5.29. The van der Waals surface area contributed by atoms with E-state index in [-0.39, 0.29) is 6.09 Å². The molecule has 3 nitrogen and oxygen atoms in total. The fraction of sp³-hybridized carbons (Fsp3) is 0.611. The summed E-state index contributed by atoms with van der Waals surface area (Å²) >= 11 is 12.2. The van der Waals surface area contributed by atoms with Gasteiger partial charge in [0.1, 0.15) is 5.60 Å². The van der Waals surface area contributed by atoms with Crippen molar-refractivity contribution in [3.8, 4) is 0 Å². The fourth-order valence-electron chi connectivity index (χ4n) is 3.02. The van der Waals surface area contributed by atoms with Gasteiger partial charge in [-0.3, -0.25) is 0 Å². The van der Waals surface area contributed by atoms with Crippen LogP contribution in [0.15, 0.2) is 18.2 Å². The van der Waals surface area contributed by atoms with Gasteiger partial charge in [-0.1, -0.05) is 30.1 Å². The van der Waals surface area contributed by atoms with E-state index in [1.54, 1.807) is 11.0 Å². The fourth-order valence-corrected chi connectivity index (χ4v) is 3.56. The van der Waals surface area contributed by atoms with Crippen LogP contribution in [0.2, 0.25) is 10.0 Å². The highest BCUT2D eigenvalue weighted by atomic mass is 35.5. The largest absolute Gasteiger partial charge is 0.444 e. The van der Waals surface area contributed by atoms with Crippen LogP contribution >= 0.6 is 23.2 Å². The summed E-state index contributed by atoms with van der Waals surface area (Å²) in [5.74, 6) is 0.884. The molecule has 0 spiro atoms. The first-order valence-corrected chi connectivity index (χ1v) is 8.85. The Labute approximate surface area is 148 Å². The van der Waals surface area contributed by atoms with Gasteiger partial charge in [0.15, 0.2) is 0 Å². The predicted octanol–water partition coefficient (Wildman–Crippen LogP) is 5.74. The number of amides is 1. The molecule has 1 aromatic carbocycles. The average Bonchev–Trinajstić information content (AvgIpc) is 2.44. The molecular weight excluding hydrogens is 333 g/mol. The SMILES string of the molecule is CC(c1cc(Cl)cc(Cl)c1)C1CCN(C(=O)OC(C)(C)C)CC1. The van der Waals surface area contributed by atoms with Gasteiger partial charge >= 0.3 is 6.09 Å². The Hall–Kier alpha value is -0.930. The van der Waals surface area contributed by atoms with Crippen LogP contribution in [0.25, 0.3) is 0 Å². The van der Waals surface area contributed by atoms with Crippen molar-refractivity contribution in [3.05, 3.63) is 33.8 Å². The topological polar surface area (TPSA) is 29.5 Å². The second-order valence-corrected chi connectivity index (χ2v) is 8.17. The van der Waals surface area contributed by atoms with Gasteiger partial charge in [-0.25, -0.2) is 4.79 Å². The minimum atomic E-state index is -0.446. The summed E-state index contributed by atoms with van der Waals surface area (Å²) < 4.78 is 5.44. The van der Waals surface area contributed by atoms with Gasteiger partial charge in [-0.2, -0.15) is 0 Å². The molecule has 0 aromatic heterocycles. The Balaban J connectivity index is 1.94. The van der Waals surface area contributed by atoms with E-state index in [0.29, 0.717) is 21.9 Å². The van der Waals surface area contributed by atoms with E-state index in [1.807, 2.05) is 32.9 Å². The molecule has 0 bridgehead atoms. The van der Waals surface area contributed by atoms with Gasteiger partial charge in [0.05, 0.1) is 0 Å². The number of carbonyl (C=O) groups is 1.